The van der Waals surface area contributed by atoms with Crippen LogP contribution >= 0.6 is 12.4 Å². The van der Waals surface area contributed by atoms with Crippen LogP contribution in [0.2, 0.25) is 0 Å². The van der Waals surface area contributed by atoms with Crippen LogP contribution in [-0.4, -0.2) is 41.9 Å². The normalized spacial score (nSPS) is 18.4. The summed E-state index contributed by atoms with van der Waals surface area (Å²) < 4.78 is 31.0. The molecule has 8 heteroatoms. The van der Waals surface area contributed by atoms with E-state index in [0.717, 1.165) is 28.1 Å². The second-order valence-corrected chi connectivity index (χ2v) is 9.01. The Balaban J connectivity index is 0.00000261. The SMILES string of the molecule is Cc1c(C)c(C)c(S(=O)(=O)N2CCNCC2c2nccn2C)c(C)c1C.Cl. The molecule has 2 aromatic rings. The zero-order valence-electron chi connectivity index (χ0n) is 16.8. The predicted molar refractivity (Wildman–Crippen MR) is 110 cm³/mol. The molecule has 1 aliphatic rings. The highest BCUT2D eigenvalue weighted by molar-refractivity contribution is 7.89. The van der Waals surface area contributed by atoms with E-state index in [1.165, 1.54) is 5.56 Å². The largest absolute Gasteiger partial charge is 0.337 e. The van der Waals surface area contributed by atoms with Gasteiger partial charge in [0.05, 0.1) is 10.9 Å². The van der Waals surface area contributed by atoms with Crippen LogP contribution in [0.4, 0.5) is 0 Å². The van der Waals surface area contributed by atoms with Crippen molar-refractivity contribution in [1.82, 2.24) is 19.2 Å². The molecule has 1 aromatic carbocycles. The van der Waals surface area contributed by atoms with E-state index in [-0.39, 0.29) is 18.4 Å². The van der Waals surface area contributed by atoms with E-state index in [9.17, 15) is 8.42 Å². The number of aromatic nitrogens is 2. The summed E-state index contributed by atoms with van der Waals surface area (Å²) >= 11 is 0. The smallest absolute Gasteiger partial charge is 0.244 e. The van der Waals surface area contributed by atoms with Gasteiger partial charge >= 0.3 is 0 Å². The van der Waals surface area contributed by atoms with E-state index in [1.54, 1.807) is 10.5 Å². The molecule has 0 saturated carbocycles. The van der Waals surface area contributed by atoms with Gasteiger partial charge in [0, 0.05) is 39.1 Å². The molecule has 1 N–H and O–H groups in total. The summed E-state index contributed by atoms with van der Waals surface area (Å²) in [6.45, 7) is 11.5. The number of nitrogens with one attached hydrogen (secondary N) is 1. The minimum absolute atomic E-state index is 0. The van der Waals surface area contributed by atoms with E-state index in [2.05, 4.69) is 17.2 Å². The lowest BCUT2D eigenvalue weighted by atomic mass is 9.95. The Morgan fingerprint density at radius 1 is 1.04 bits per heavy atom. The molecule has 0 aliphatic carbocycles. The number of rotatable bonds is 3. The molecular formula is C19H29ClN4O2S. The third-order valence-corrected chi connectivity index (χ3v) is 8.03. The highest BCUT2D eigenvalue weighted by atomic mass is 35.5. The van der Waals surface area contributed by atoms with Crippen LogP contribution in [0.5, 0.6) is 0 Å². The van der Waals surface area contributed by atoms with Crippen LogP contribution in [0.3, 0.4) is 0 Å². The first-order valence-electron chi connectivity index (χ1n) is 8.94. The Morgan fingerprint density at radius 2 is 1.59 bits per heavy atom. The van der Waals surface area contributed by atoms with Crippen molar-refractivity contribution in [3.63, 3.8) is 0 Å². The summed E-state index contributed by atoms with van der Waals surface area (Å²) in [7, 11) is -1.74. The van der Waals surface area contributed by atoms with Crippen LogP contribution in [-0.2, 0) is 17.1 Å². The lowest BCUT2D eigenvalue weighted by Crippen LogP contribution is -2.49. The minimum atomic E-state index is -3.64. The molecular weight excluding hydrogens is 384 g/mol. The topological polar surface area (TPSA) is 67.2 Å². The molecule has 1 aliphatic heterocycles. The maximum absolute atomic E-state index is 13.7. The third-order valence-electron chi connectivity index (χ3n) is 5.85. The van der Waals surface area contributed by atoms with Gasteiger partial charge in [-0.2, -0.15) is 4.31 Å². The molecule has 0 bridgehead atoms. The van der Waals surface area contributed by atoms with E-state index in [4.69, 9.17) is 0 Å². The van der Waals surface area contributed by atoms with Crippen LogP contribution in [0.1, 0.15) is 39.7 Å². The molecule has 6 nitrogen and oxygen atoms in total. The van der Waals surface area contributed by atoms with Crippen LogP contribution in [0.15, 0.2) is 17.3 Å². The fraction of sp³-hybridized carbons (Fsp3) is 0.526. The molecule has 2 heterocycles. The zero-order chi connectivity index (χ0) is 19.2. The number of sulfonamides is 1. The summed E-state index contributed by atoms with van der Waals surface area (Å²) in [4.78, 5) is 4.87. The Kier molecular flexibility index (Phi) is 6.41. The molecule has 0 amide bonds. The first-order chi connectivity index (χ1) is 12.2. The van der Waals surface area contributed by atoms with Crippen molar-refractivity contribution in [3.05, 3.63) is 46.0 Å². The van der Waals surface area contributed by atoms with Crippen molar-refractivity contribution in [2.45, 2.75) is 45.6 Å². The van der Waals surface area contributed by atoms with Crippen molar-refractivity contribution in [2.75, 3.05) is 19.6 Å². The Labute approximate surface area is 168 Å². The van der Waals surface area contributed by atoms with Crippen molar-refractivity contribution >= 4 is 22.4 Å². The number of benzene rings is 1. The van der Waals surface area contributed by atoms with Crippen molar-refractivity contribution in [1.29, 1.82) is 0 Å². The summed E-state index contributed by atoms with van der Waals surface area (Å²) in [6.07, 6.45) is 3.57. The second-order valence-electron chi connectivity index (χ2n) is 7.19. The lowest BCUT2D eigenvalue weighted by molar-refractivity contribution is 0.258. The number of imidazole rings is 1. The molecule has 1 saturated heterocycles. The average molecular weight is 413 g/mol. The fourth-order valence-corrected chi connectivity index (χ4v) is 6.01. The fourth-order valence-electron chi connectivity index (χ4n) is 3.86. The van der Waals surface area contributed by atoms with Crippen molar-refractivity contribution < 1.29 is 8.42 Å². The standard InChI is InChI=1S/C19H28N4O2S.ClH/c1-12-13(2)15(4)18(16(5)14(12)3)26(24,25)23-10-7-20-11-17(23)19-21-8-9-22(19)6;/h8-9,17,20H,7,10-11H2,1-6H3;1H. The molecule has 27 heavy (non-hydrogen) atoms. The predicted octanol–water partition coefficient (Wildman–Crippen LogP) is 2.72. The zero-order valence-corrected chi connectivity index (χ0v) is 18.5. The molecule has 3 rings (SSSR count). The summed E-state index contributed by atoms with van der Waals surface area (Å²) in [5, 5.41) is 3.31. The third kappa shape index (κ3) is 3.53. The van der Waals surface area contributed by atoms with Crippen molar-refractivity contribution in [3.8, 4) is 0 Å². The van der Waals surface area contributed by atoms with Crippen LogP contribution in [0, 0.1) is 34.6 Å². The maximum Gasteiger partial charge on any atom is 0.244 e. The molecule has 1 fully saturated rings. The number of nitrogens with zero attached hydrogens (tertiary/aromatic N) is 3. The highest BCUT2D eigenvalue weighted by Crippen LogP contribution is 2.35. The lowest BCUT2D eigenvalue weighted by Gasteiger charge is -2.35. The van der Waals surface area contributed by atoms with Gasteiger partial charge in [0.2, 0.25) is 10.0 Å². The quantitative estimate of drug-likeness (QED) is 0.841. The van der Waals surface area contributed by atoms with Gasteiger partial charge in [-0.3, -0.25) is 0 Å². The van der Waals surface area contributed by atoms with Gasteiger partial charge in [0.1, 0.15) is 5.82 Å². The Bertz CT molecular complexity index is 924. The van der Waals surface area contributed by atoms with Crippen LogP contribution < -0.4 is 5.32 Å². The van der Waals surface area contributed by atoms with E-state index in [1.807, 2.05) is 45.5 Å². The van der Waals surface area contributed by atoms with Gasteiger partial charge in [-0.1, -0.05) is 0 Å². The summed E-state index contributed by atoms with van der Waals surface area (Å²) in [5.74, 6) is 0.761. The Hall–Kier alpha value is -1.41. The van der Waals surface area contributed by atoms with Gasteiger partial charge in [0.15, 0.2) is 0 Å². The first kappa shape index (κ1) is 21.9. The van der Waals surface area contributed by atoms with Gasteiger partial charge < -0.3 is 9.88 Å². The number of hydrogen-bond donors (Lipinski definition) is 1. The van der Waals surface area contributed by atoms with Gasteiger partial charge in [-0.25, -0.2) is 13.4 Å². The molecule has 1 atom stereocenters. The van der Waals surface area contributed by atoms with Crippen molar-refractivity contribution in [2.24, 2.45) is 7.05 Å². The molecule has 1 unspecified atom stereocenters. The first-order valence-corrected chi connectivity index (χ1v) is 10.4. The molecule has 1 aromatic heterocycles. The Morgan fingerprint density at radius 3 is 2.11 bits per heavy atom. The van der Waals surface area contributed by atoms with E-state index in [0.29, 0.717) is 24.5 Å². The van der Waals surface area contributed by atoms with Gasteiger partial charge in [0.25, 0.3) is 0 Å². The highest BCUT2D eigenvalue weighted by Gasteiger charge is 2.38. The minimum Gasteiger partial charge on any atom is -0.337 e. The number of hydrogen-bond acceptors (Lipinski definition) is 4. The molecule has 0 radical (unpaired) electrons. The molecule has 150 valence electrons. The number of halogens is 1. The van der Waals surface area contributed by atoms with E-state index < -0.39 is 10.0 Å². The average Bonchev–Trinajstić information content (AvgIpc) is 3.04. The number of piperazine rings is 1. The summed E-state index contributed by atoms with van der Waals surface area (Å²) in [5.41, 5.74) is 4.97. The monoisotopic (exact) mass is 412 g/mol. The molecule has 0 spiro atoms. The van der Waals surface area contributed by atoms with Crippen LogP contribution in [0.25, 0.3) is 0 Å². The second kappa shape index (κ2) is 7.91. The van der Waals surface area contributed by atoms with Gasteiger partial charge in [-0.05, 0) is 62.4 Å². The summed E-state index contributed by atoms with van der Waals surface area (Å²) in [6, 6.07) is -0.311. The van der Waals surface area contributed by atoms with Gasteiger partial charge in [-0.15, -0.1) is 12.4 Å². The number of aryl methyl sites for hydroxylation is 1. The maximum atomic E-state index is 13.7. The van der Waals surface area contributed by atoms with E-state index >= 15 is 0 Å².